The first kappa shape index (κ1) is 10.8. The fourth-order valence-electron chi connectivity index (χ4n) is 1.51. The molecule has 0 amide bonds. The Labute approximate surface area is 106 Å². The van der Waals surface area contributed by atoms with Crippen molar-refractivity contribution >= 4 is 28.4 Å². The molecule has 3 aromatic heterocycles. The van der Waals surface area contributed by atoms with Gasteiger partial charge >= 0.3 is 0 Å². The summed E-state index contributed by atoms with van der Waals surface area (Å²) in [5, 5.41) is 3.90. The van der Waals surface area contributed by atoms with Crippen LogP contribution in [-0.4, -0.2) is 19.6 Å². The molecule has 0 bridgehead atoms. The van der Waals surface area contributed by atoms with Crippen LogP contribution in [0.5, 0.6) is 0 Å². The van der Waals surface area contributed by atoms with E-state index in [2.05, 4.69) is 15.1 Å². The number of nitrogens with zero attached hydrogens (tertiary/aromatic N) is 4. The van der Waals surface area contributed by atoms with Crippen molar-refractivity contribution in [3.63, 3.8) is 0 Å². The van der Waals surface area contributed by atoms with Crippen LogP contribution < -0.4 is 5.56 Å². The Kier molecular flexibility index (Phi) is 2.70. The maximum absolute atomic E-state index is 11.7. The molecule has 0 atom stereocenters. The zero-order chi connectivity index (χ0) is 12.4. The van der Waals surface area contributed by atoms with Crippen LogP contribution in [0.1, 0.15) is 11.3 Å². The van der Waals surface area contributed by atoms with E-state index >= 15 is 0 Å². The summed E-state index contributed by atoms with van der Waals surface area (Å²) >= 11 is 1.33. The van der Waals surface area contributed by atoms with Crippen LogP contribution in [0.15, 0.2) is 40.9 Å². The lowest BCUT2D eigenvalue weighted by atomic mass is 10.2. The van der Waals surface area contributed by atoms with E-state index in [0.29, 0.717) is 10.7 Å². The maximum Gasteiger partial charge on any atom is 0.275 e. The minimum absolute atomic E-state index is 0.174. The Morgan fingerprint density at radius 2 is 2.28 bits per heavy atom. The third-order valence-corrected chi connectivity index (χ3v) is 3.01. The van der Waals surface area contributed by atoms with Crippen LogP contribution in [0.3, 0.4) is 0 Å². The smallest absolute Gasteiger partial charge is 0.267 e. The highest BCUT2D eigenvalue weighted by Gasteiger charge is 2.01. The molecule has 0 fully saturated rings. The minimum atomic E-state index is -0.174. The van der Waals surface area contributed by atoms with Gasteiger partial charge in [0.15, 0.2) is 0 Å². The SMILES string of the molecule is O=c1cc(C=Cc2cccnc2)nc2scnn12. The van der Waals surface area contributed by atoms with E-state index in [0.717, 1.165) is 5.56 Å². The Bertz CT molecular complexity index is 760. The predicted octanol–water partition coefficient (Wildman–Crippen LogP) is 1.72. The molecule has 0 aliphatic heterocycles. The summed E-state index contributed by atoms with van der Waals surface area (Å²) in [6.45, 7) is 0. The van der Waals surface area contributed by atoms with Gasteiger partial charge in [-0.3, -0.25) is 9.78 Å². The van der Waals surface area contributed by atoms with E-state index in [1.807, 2.05) is 18.2 Å². The van der Waals surface area contributed by atoms with Crippen molar-refractivity contribution in [1.29, 1.82) is 0 Å². The normalized spacial score (nSPS) is 11.3. The fraction of sp³-hybridized carbons (Fsp3) is 0. The minimum Gasteiger partial charge on any atom is -0.267 e. The van der Waals surface area contributed by atoms with E-state index in [4.69, 9.17) is 0 Å². The summed E-state index contributed by atoms with van der Waals surface area (Å²) in [7, 11) is 0. The average Bonchev–Trinajstić information content (AvgIpc) is 2.86. The third kappa shape index (κ3) is 2.05. The van der Waals surface area contributed by atoms with Crippen LogP contribution in [0.2, 0.25) is 0 Å². The van der Waals surface area contributed by atoms with Gasteiger partial charge in [0, 0.05) is 18.5 Å². The molecule has 6 heteroatoms. The number of pyridine rings is 1. The third-order valence-electron chi connectivity index (χ3n) is 2.34. The standard InChI is InChI=1S/C12H8N4OS/c17-11-6-10(15-12-16(11)14-8-18-12)4-3-9-2-1-5-13-7-9/h1-8H. The van der Waals surface area contributed by atoms with Crippen molar-refractivity contribution < 1.29 is 0 Å². The summed E-state index contributed by atoms with van der Waals surface area (Å²) < 4.78 is 1.28. The van der Waals surface area contributed by atoms with Gasteiger partial charge in [-0.05, 0) is 17.7 Å². The molecule has 0 spiro atoms. The maximum atomic E-state index is 11.7. The summed E-state index contributed by atoms with van der Waals surface area (Å²) in [5.41, 5.74) is 3.00. The molecule has 0 aromatic carbocycles. The number of fused-ring (bicyclic) bond motifs is 1. The molecule has 18 heavy (non-hydrogen) atoms. The summed E-state index contributed by atoms with van der Waals surface area (Å²) in [4.78, 5) is 20.6. The molecular weight excluding hydrogens is 248 g/mol. The summed E-state index contributed by atoms with van der Waals surface area (Å²) in [6.07, 6.45) is 7.12. The van der Waals surface area contributed by atoms with Crippen molar-refractivity contribution in [3.8, 4) is 0 Å². The van der Waals surface area contributed by atoms with E-state index in [1.165, 1.54) is 21.9 Å². The Balaban J connectivity index is 2.00. The first-order valence-electron chi connectivity index (χ1n) is 5.25. The van der Waals surface area contributed by atoms with Gasteiger partial charge in [-0.15, -0.1) is 0 Å². The van der Waals surface area contributed by atoms with Crippen molar-refractivity contribution in [3.05, 3.63) is 57.7 Å². The van der Waals surface area contributed by atoms with Crippen LogP contribution in [0.25, 0.3) is 17.1 Å². The predicted molar refractivity (Wildman–Crippen MR) is 70.3 cm³/mol. The molecule has 3 rings (SSSR count). The Morgan fingerprint density at radius 1 is 1.33 bits per heavy atom. The van der Waals surface area contributed by atoms with Gasteiger partial charge < -0.3 is 0 Å². The van der Waals surface area contributed by atoms with Gasteiger partial charge in [0.05, 0.1) is 5.69 Å². The highest BCUT2D eigenvalue weighted by atomic mass is 32.1. The summed E-state index contributed by atoms with van der Waals surface area (Å²) in [5.74, 6) is 0. The van der Waals surface area contributed by atoms with E-state index in [9.17, 15) is 4.79 Å². The van der Waals surface area contributed by atoms with Gasteiger partial charge in [-0.25, -0.2) is 4.98 Å². The molecule has 0 radical (unpaired) electrons. The lowest BCUT2D eigenvalue weighted by molar-refractivity contribution is 0.897. The monoisotopic (exact) mass is 256 g/mol. The number of rotatable bonds is 2. The molecule has 0 aliphatic carbocycles. The molecule has 3 aromatic rings. The van der Waals surface area contributed by atoms with Gasteiger partial charge in [-0.1, -0.05) is 23.5 Å². The zero-order valence-corrected chi connectivity index (χ0v) is 10.0. The number of hydrogen-bond acceptors (Lipinski definition) is 5. The van der Waals surface area contributed by atoms with Gasteiger partial charge in [-0.2, -0.15) is 9.61 Å². The van der Waals surface area contributed by atoms with Crippen molar-refractivity contribution in [2.45, 2.75) is 0 Å². The highest BCUT2D eigenvalue weighted by molar-refractivity contribution is 7.14. The van der Waals surface area contributed by atoms with Crippen LogP contribution in [0.4, 0.5) is 0 Å². The molecule has 5 nitrogen and oxygen atoms in total. The summed E-state index contributed by atoms with van der Waals surface area (Å²) in [6, 6.07) is 5.25. The van der Waals surface area contributed by atoms with Crippen molar-refractivity contribution in [1.82, 2.24) is 19.6 Å². The van der Waals surface area contributed by atoms with E-state index in [-0.39, 0.29) is 5.56 Å². The second-order valence-electron chi connectivity index (χ2n) is 3.57. The van der Waals surface area contributed by atoms with Crippen LogP contribution in [-0.2, 0) is 0 Å². The molecular formula is C12H8N4OS. The lowest BCUT2D eigenvalue weighted by Gasteiger charge is -1.94. The van der Waals surface area contributed by atoms with Crippen LogP contribution >= 0.6 is 11.3 Å². The van der Waals surface area contributed by atoms with Crippen molar-refractivity contribution in [2.75, 3.05) is 0 Å². The van der Waals surface area contributed by atoms with Gasteiger partial charge in [0.2, 0.25) is 4.96 Å². The molecule has 0 unspecified atom stereocenters. The van der Waals surface area contributed by atoms with Crippen LogP contribution in [0, 0.1) is 0 Å². The lowest BCUT2D eigenvalue weighted by Crippen LogP contribution is -2.13. The largest absolute Gasteiger partial charge is 0.275 e. The number of aromatic nitrogens is 4. The Morgan fingerprint density at radius 3 is 3.11 bits per heavy atom. The Hall–Kier alpha value is -2.34. The highest BCUT2D eigenvalue weighted by Crippen LogP contribution is 2.07. The molecule has 0 aliphatic rings. The second kappa shape index (κ2) is 4.50. The molecule has 88 valence electrons. The molecule has 0 saturated heterocycles. The van der Waals surface area contributed by atoms with E-state index in [1.54, 1.807) is 24.0 Å². The van der Waals surface area contributed by atoms with Gasteiger partial charge in [0.1, 0.15) is 5.51 Å². The molecule has 0 saturated carbocycles. The first-order valence-corrected chi connectivity index (χ1v) is 6.12. The van der Waals surface area contributed by atoms with E-state index < -0.39 is 0 Å². The first-order chi connectivity index (χ1) is 8.83. The van der Waals surface area contributed by atoms with Gasteiger partial charge in [0.25, 0.3) is 5.56 Å². The topological polar surface area (TPSA) is 60.2 Å². The van der Waals surface area contributed by atoms with Crippen molar-refractivity contribution in [2.24, 2.45) is 0 Å². The average molecular weight is 256 g/mol. The quantitative estimate of drug-likeness (QED) is 0.700. The zero-order valence-electron chi connectivity index (χ0n) is 9.22. The molecule has 0 N–H and O–H groups in total. The fourth-order valence-corrected chi connectivity index (χ4v) is 2.14. The molecule has 3 heterocycles. The number of hydrogen-bond donors (Lipinski definition) is 0. The second-order valence-corrected chi connectivity index (χ2v) is 4.38.